The maximum atomic E-state index is 11.0. The van der Waals surface area contributed by atoms with Crippen molar-refractivity contribution in [2.24, 2.45) is 5.73 Å². The summed E-state index contributed by atoms with van der Waals surface area (Å²) < 4.78 is 5.58. The maximum Gasteiger partial charge on any atom is 0.248 e. The molecule has 2 rings (SSSR count). The third-order valence-corrected chi connectivity index (χ3v) is 2.43. The van der Waals surface area contributed by atoms with E-state index in [1.54, 1.807) is 18.2 Å². The number of primary amides is 1. The molecular weight excluding hydrogens is 230 g/mol. The number of rotatable bonds is 3. The molecule has 0 bridgehead atoms. The van der Waals surface area contributed by atoms with Crippen molar-refractivity contribution in [3.63, 3.8) is 0 Å². The smallest absolute Gasteiger partial charge is 0.248 e. The van der Waals surface area contributed by atoms with Gasteiger partial charge < -0.3 is 16.2 Å². The van der Waals surface area contributed by atoms with Gasteiger partial charge in [-0.1, -0.05) is 0 Å². The number of carbonyl (C=O) groups excluding carboxylic acids is 1. The number of benzene rings is 1. The molecule has 5 heteroatoms. The van der Waals surface area contributed by atoms with Crippen LogP contribution in [0.25, 0.3) is 0 Å². The molecular formula is C13H13N3O2. The van der Waals surface area contributed by atoms with Gasteiger partial charge in [-0.25, -0.2) is 4.98 Å². The summed E-state index contributed by atoms with van der Waals surface area (Å²) in [6.45, 7) is 1.88. The fraction of sp³-hybridized carbons (Fsp3) is 0.0769. The molecule has 0 atom stereocenters. The van der Waals surface area contributed by atoms with E-state index >= 15 is 0 Å². The number of carbonyl (C=O) groups is 1. The number of anilines is 1. The van der Waals surface area contributed by atoms with Gasteiger partial charge in [0.1, 0.15) is 5.75 Å². The zero-order valence-electron chi connectivity index (χ0n) is 9.88. The normalized spacial score (nSPS) is 10.1. The number of hydrogen-bond acceptors (Lipinski definition) is 4. The maximum absolute atomic E-state index is 11.0. The predicted octanol–water partition coefficient (Wildman–Crippen LogP) is 1.86. The zero-order valence-corrected chi connectivity index (χ0v) is 9.88. The molecule has 0 aliphatic carbocycles. The van der Waals surface area contributed by atoms with E-state index in [4.69, 9.17) is 16.2 Å². The van der Waals surface area contributed by atoms with E-state index in [-0.39, 0.29) is 0 Å². The number of nitrogen functional groups attached to an aromatic ring is 1. The minimum atomic E-state index is -0.517. The monoisotopic (exact) mass is 243 g/mol. The van der Waals surface area contributed by atoms with Gasteiger partial charge in [0.2, 0.25) is 11.8 Å². The van der Waals surface area contributed by atoms with Crippen molar-refractivity contribution in [1.29, 1.82) is 0 Å². The van der Waals surface area contributed by atoms with Crippen LogP contribution in [0.5, 0.6) is 11.6 Å². The average molecular weight is 243 g/mol. The highest BCUT2D eigenvalue weighted by atomic mass is 16.5. The first-order valence-electron chi connectivity index (χ1n) is 5.36. The quantitative estimate of drug-likeness (QED) is 0.805. The van der Waals surface area contributed by atoms with Gasteiger partial charge in [0.05, 0.1) is 0 Å². The van der Waals surface area contributed by atoms with Gasteiger partial charge in [-0.2, -0.15) is 0 Å². The molecule has 0 fully saturated rings. The lowest BCUT2D eigenvalue weighted by atomic mass is 10.2. The fourth-order valence-electron chi connectivity index (χ4n) is 1.52. The van der Waals surface area contributed by atoms with E-state index < -0.39 is 5.91 Å². The Balaban J connectivity index is 2.28. The molecule has 1 heterocycles. The fourth-order valence-corrected chi connectivity index (χ4v) is 1.52. The summed E-state index contributed by atoms with van der Waals surface area (Å²) in [6.07, 6.45) is 1.47. The molecule has 0 aliphatic heterocycles. The second-order valence-electron chi connectivity index (χ2n) is 3.87. The van der Waals surface area contributed by atoms with E-state index in [0.29, 0.717) is 22.9 Å². The van der Waals surface area contributed by atoms with Crippen molar-refractivity contribution < 1.29 is 9.53 Å². The van der Waals surface area contributed by atoms with Crippen LogP contribution < -0.4 is 16.2 Å². The molecule has 2 aromatic rings. The van der Waals surface area contributed by atoms with Gasteiger partial charge >= 0.3 is 0 Å². The Kier molecular flexibility index (Phi) is 3.14. The molecule has 0 saturated heterocycles. The average Bonchev–Trinajstić information content (AvgIpc) is 2.33. The summed E-state index contributed by atoms with van der Waals surface area (Å²) in [4.78, 5) is 15.1. The molecule has 18 heavy (non-hydrogen) atoms. The topological polar surface area (TPSA) is 91.2 Å². The van der Waals surface area contributed by atoms with Gasteiger partial charge in [-0.3, -0.25) is 4.79 Å². The van der Waals surface area contributed by atoms with Crippen LogP contribution in [0.4, 0.5) is 5.69 Å². The Morgan fingerprint density at radius 3 is 2.72 bits per heavy atom. The zero-order chi connectivity index (χ0) is 13.1. The Bertz CT molecular complexity index is 597. The van der Waals surface area contributed by atoms with E-state index in [1.165, 1.54) is 18.3 Å². The van der Waals surface area contributed by atoms with Gasteiger partial charge in [-0.05, 0) is 36.8 Å². The standard InChI is InChI=1S/C13H13N3O2/c1-8-6-10(14)2-3-11(8)18-12-7-9(13(15)17)4-5-16-12/h2-7H,14H2,1H3,(H2,15,17). The summed E-state index contributed by atoms with van der Waals surface area (Å²) in [5.74, 6) is 0.439. The first-order chi connectivity index (χ1) is 8.56. The predicted molar refractivity (Wildman–Crippen MR) is 68.4 cm³/mol. The second-order valence-corrected chi connectivity index (χ2v) is 3.87. The molecule has 4 N–H and O–H groups in total. The van der Waals surface area contributed by atoms with Crippen molar-refractivity contribution in [2.45, 2.75) is 6.92 Å². The van der Waals surface area contributed by atoms with Crippen LogP contribution in [-0.4, -0.2) is 10.9 Å². The first-order valence-corrected chi connectivity index (χ1v) is 5.36. The first kappa shape index (κ1) is 11.9. The molecule has 1 aromatic heterocycles. The Morgan fingerprint density at radius 2 is 2.06 bits per heavy atom. The third-order valence-electron chi connectivity index (χ3n) is 2.43. The van der Waals surface area contributed by atoms with Gasteiger partial charge in [0.25, 0.3) is 0 Å². The Morgan fingerprint density at radius 1 is 1.28 bits per heavy atom. The van der Waals surface area contributed by atoms with E-state index in [0.717, 1.165) is 5.56 Å². The van der Waals surface area contributed by atoms with Crippen molar-refractivity contribution in [3.05, 3.63) is 47.7 Å². The summed E-state index contributed by atoms with van der Waals surface area (Å²) >= 11 is 0. The van der Waals surface area contributed by atoms with Crippen LogP contribution in [0.1, 0.15) is 15.9 Å². The minimum Gasteiger partial charge on any atom is -0.439 e. The number of nitrogens with zero attached hydrogens (tertiary/aromatic N) is 1. The van der Waals surface area contributed by atoms with Crippen molar-refractivity contribution >= 4 is 11.6 Å². The molecule has 1 amide bonds. The highest BCUT2D eigenvalue weighted by Gasteiger charge is 2.06. The van der Waals surface area contributed by atoms with Crippen LogP contribution in [0, 0.1) is 6.92 Å². The van der Waals surface area contributed by atoms with Crippen LogP contribution in [0.3, 0.4) is 0 Å². The summed E-state index contributed by atoms with van der Waals surface area (Å²) in [5, 5.41) is 0. The SMILES string of the molecule is Cc1cc(N)ccc1Oc1cc(C(N)=O)ccn1. The molecule has 0 radical (unpaired) electrons. The lowest BCUT2D eigenvalue weighted by molar-refractivity contribution is 0.1000. The van der Waals surface area contributed by atoms with Gasteiger partial charge in [0, 0.05) is 23.5 Å². The minimum absolute atomic E-state index is 0.319. The molecule has 0 spiro atoms. The lowest BCUT2D eigenvalue weighted by Gasteiger charge is -2.08. The van der Waals surface area contributed by atoms with E-state index in [2.05, 4.69) is 4.98 Å². The molecule has 0 saturated carbocycles. The summed E-state index contributed by atoms with van der Waals surface area (Å²) in [7, 11) is 0. The molecule has 92 valence electrons. The largest absolute Gasteiger partial charge is 0.439 e. The highest BCUT2D eigenvalue weighted by Crippen LogP contribution is 2.25. The Labute approximate surface area is 104 Å². The highest BCUT2D eigenvalue weighted by molar-refractivity contribution is 5.92. The third kappa shape index (κ3) is 2.57. The number of ether oxygens (including phenoxy) is 1. The Hall–Kier alpha value is -2.56. The number of hydrogen-bond donors (Lipinski definition) is 2. The van der Waals surface area contributed by atoms with Gasteiger partial charge in [-0.15, -0.1) is 0 Å². The molecule has 5 nitrogen and oxygen atoms in total. The van der Waals surface area contributed by atoms with Crippen molar-refractivity contribution in [2.75, 3.05) is 5.73 Å². The van der Waals surface area contributed by atoms with E-state index in [1.807, 2.05) is 6.92 Å². The number of aromatic nitrogens is 1. The van der Waals surface area contributed by atoms with Crippen LogP contribution in [-0.2, 0) is 0 Å². The second kappa shape index (κ2) is 4.75. The van der Waals surface area contributed by atoms with Crippen LogP contribution in [0.15, 0.2) is 36.5 Å². The van der Waals surface area contributed by atoms with Crippen molar-refractivity contribution in [3.8, 4) is 11.6 Å². The number of aryl methyl sites for hydroxylation is 1. The van der Waals surface area contributed by atoms with E-state index in [9.17, 15) is 4.79 Å². The molecule has 0 aliphatic rings. The number of amides is 1. The summed E-state index contributed by atoms with van der Waals surface area (Å²) in [6, 6.07) is 8.32. The summed E-state index contributed by atoms with van der Waals surface area (Å²) in [5.41, 5.74) is 12.7. The van der Waals surface area contributed by atoms with Crippen molar-refractivity contribution in [1.82, 2.24) is 4.98 Å². The molecule has 0 unspecified atom stereocenters. The molecule has 1 aromatic carbocycles. The number of nitrogens with two attached hydrogens (primary N) is 2. The van der Waals surface area contributed by atoms with Crippen LogP contribution >= 0.6 is 0 Å². The van der Waals surface area contributed by atoms with Crippen LogP contribution in [0.2, 0.25) is 0 Å². The van der Waals surface area contributed by atoms with Gasteiger partial charge in [0.15, 0.2) is 0 Å². The lowest BCUT2D eigenvalue weighted by Crippen LogP contribution is -2.10. The number of pyridine rings is 1.